The molecular formula is C21H25ClFN3O. The zero-order valence-electron chi connectivity index (χ0n) is 15.8. The molecule has 0 aliphatic carbocycles. The van der Waals surface area contributed by atoms with Gasteiger partial charge in [0.1, 0.15) is 5.82 Å². The van der Waals surface area contributed by atoms with E-state index in [1.807, 2.05) is 35.8 Å². The Kier molecular flexibility index (Phi) is 6.22. The number of hydrogen-bond acceptors (Lipinski definition) is 3. The fourth-order valence-corrected chi connectivity index (χ4v) is 3.89. The van der Waals surface area contributed by atoms with Crippen LogP contribution in [0.1, 0.15) is 17.5 Å². The molecule has 6 heteroatoms. The molecule has 1 saturated heterocycles. The van der Waals surface area contributed by atoms with Gasteiger partial charge in [0, 0.05) is 39.1 Å². The lowest BCUT2D eigenvalue weighted by atomic mass is 10.1. The van der Waals surface area contributed by atoms with Gasteiger partial charge in [-0.2, -0.15) is 0 Å². The van der Waals surface area contributed by atoms with Crippen LogP contribution in [0.2, 0.25) is 5.02 Å². The van der Waals surface area contributed by atoms with E-state index >= 15 is 0 Å². The first-order chi connectivity index (χ1) is 13.0. The van der Waals surface area contributed by atoms with Crippen LogP contribution < -0.4 is 10.2 Å². The summed E-state index contributed by atoms with van der Waals surface area (Å²) in [4.78, 5) is 16.3. The van der Waals surface area contributed by atoms with Crippen LogP contribution in [0, 0.1) is 19.7 Å². The molecule has 0 radical (unpaired) electrons. The number of piperazine rings is 1. The first-order valence-corrected chi connectivity index (χ1v) is 9.61. The minimum Gasteiger partial charge on any atom is -0.383 e. The van der Waals surface area contributed by atoms with E-state index in [-0.39, 0.29) is 11.7 Å². The standard InChI is InChI=1S/C21H25ClFN3O/c1-15-13-16(2)21(17(22)14-15)24-8-7-20(27)26-11-9-25(10-12-26)19-6-4-3-5-18(19)23/h3-6,13-14,24H,7-12H2,1-2H3. The predicted octanol–water partition coefficient (Wildman–Crippen LogP) is 4.25. The van der Waals surface area contributed by atoms with E-state index < -0.39 is 0 Å². The number of aryl methyl sites for hydroxylation is 2. The van der Waals surface area contributed by atoms with Crippen molar-refractivity contribution in [3.8, 4) is 0 Å². The van der Waals surface area contributed by atoms with Gasteiger partial charge in [0.2, 0.25) is 5.91 Å². The summed E-state index contributed by atoms with van der Waals surface area (Å²) in [6, 6.07) is 10.8. The van der Waals surface area contributed by atoms with Gasteiger partial charge in [-0.15, -0.1) is 0 Å². The van der Waals surface area contributed by atoms with E-state index in [9.17, 15) is 9.18 Å². The Bertz CT molecular complexity index is 796. The molecule has 0 unspecified atom stereocenters. The van der Waals surface area contributed by atoms with Crippen molar-refractivity contribution >= 4 is 28.9 Å². The van der Waals surface area contributed by atoms with Crippen LogP contribution in [-0.2, 0) is 4.79 Å². The van der Waals surface area contributed by atoms with Gasteiger partial charge in [0.25, 0.3) is 0 Å². The van der Waals surface area contributed by atoms with Gasteiger partial charge in [-0.1, -0.05) is 29.8 Å². The molecule has 0 saturated carbocycles. The molecule has 2 aromatic carbocycles. The Balaban J connectivity index is 1.48. The molecule has 1 N–H and O–H groups in total. The molecule has 2 aromatic rings. The second-order valence-electron chi connectivity index (χ2n) is 6.93. The second-order valence-corrected chi connectivity index (χ2v) is 7.34. The highest BCUT2D eigenvalue weighted by molar-refractivity contribution is 6.33. The fourth-order valence-electron chi connectivity index (χ4n) is 3.50. The smallest absolute Gasteiger partial charge is 0.224 e. The monoisotopic (exact) mass is 389 g/mol. The summed E-state index contributed by atoms with van der Waals surface area (Å²) in [6.07, 6.45) is 0.406. The number of carbonyl (C=O) groups excluding carboxylic acids is 1. The normalized spacial score (nSPS) is 14.4. The SMILES string of the molecule is Cc1cc(C)c(NCCC(=O)N2CCN(c3ccccc3F)CC2)c(Cl)c1. The molecule has 1 aliphatic rings. The Hall–Kier alpha value is -2.27. The summed E-state index contributed by atoms with van der Waals surface area (Å²) in [7, 11) is 0. The van der Waals surface area contributed by atoms with E-state index in [1.54, 1.807) is 12.1 Å². The number of halogens is 2. The summed E-state index contributed by atoms with van der Waals surface area (Å²) < 4.78 is 13.9. The van der Waals surface area contributed by atoms with Gasteiger partial charge >= 0.3 is 0 Å². The van der Waals surface area contributed by atoms with E-state index in [0.29, 0.717) is 49.9 Å². The van der Waals surface area contributed by atoms with Crippen LogP contribution in [0.4, 0.5) is 15.8 Å². The van der Waals surface area contributed by atoms with Crippen molar-refractivity contribution in [2.75, 3.05) is 42.9 Å². The van der Waals surface area contributed by atoms with Gasteiger partial charge in [-0.3, -0.25) is 4.79 Å². The lowest BCUT2D eigenvalue weighted by Crippen LogP contribution is -2.49. The van der Waals surface area contributed by atoms with E-state index in [0.717, 1.165) is 16.8 Å². The molecule has 1 heterocycles. The lowest BCUT2D eigenvalue weighted by molar-refractivity contribution is -0.131. The minimum atomic E-state index is -0.216. The first kappa shape index (κ1) is 19.5. The fraction of sp³-hybridized carbons (Fsp3) is 0.381. The Morgan fingerprint density at radius 3 is 2.52 bits per heavy atom. The zero-order valence-corrected chi connectivity index (χ0v) is 16.5. The number of nitrogens with zero attached hydrogens (tertiary/aromatic N) is 2. The van der Waals surface area contributed by atoms with E-state index in [2.05, 4.69) is 11.4 Å². The Morgan fingerprint density at radius 2 is 1.85 bits per heavy atom. The summed E-state index contributed by atoms with van der Waals surface area (Å²) in [6.45, 7) is 7.05. The lowest BCUT2D eigenvalue weighted by Gasteiger charge is -2.36. The molecule has 0 atom stereocenters. The van der Waals surface area contributed by atoms with E-state index in [1.165, 1.54) is 6.07 Å². The van der Waals surface area contributed by atoms with Crippen molar-refractivity contribution in [3.05, 3.63) is 58.4 Å². The zero-order chi connectivity index (χ0) is 19.4. The van der Waals surface area contributed by atoms with Crippen molar-refractivity contribution in [1.82, 2.24) is 4.90 Å². The minimum absolute atomic E-state index is 0.108. The largest absolute Gasteiger partial charge is 0.383 e. The average Bonchev–Trinajstić information content (AvgIpc) is 2.64. The summed E-state index contributed by atoms with van der Waals surface area (Å²) in [5, 5.41) is 3.96. The number of benzene rings is 2. The van der Waals surface area contributed by atoms with Gasteiger partial charge in [-0.25, -0.2) is 4.39 Å². The maximum Gasteiger partial charge on any atom is 0.224 e. The number of carbonyl (C=O) groups is 1. The molecule has 0 bridgehead atoms. The maximum absolute atomic E-state index is 13.9. The topological polar surface area (TPSA) is 35.6 Å². The Labute approximate surface area is 164 Å². The number of anilines is 2. The average molecular weight is 390 g/mol. The van der Waals surface area contributed by atoms with Gasteiger partial charge < -0.3 is 15.1 Å². The highest BCUT2D eigenvalue weighted by atomic mass is 35.5. The molecule has 0 aromatic heterocycles. The van der Waals surface area contributed by atoms with Crippen LogP contribution in [0.3, 0.4) is 0 Å². The van der Waals surface area contributed by atoms with Gasteiger partial charge in [0.05, 0.1) is 16.4 Å². The van der Waals surface area contributed by atoms with Crippen molar-refractivity contribution < 1.29 is 9.18 Å². The van der Waals surface area contributed by atoms with Crippen molar-refractivity contribution in [1.29, 1.82) is 0 Å². The number of rotatable bonds is 5. The molecule has 27 heavy (non-hydrogen) atoms. The van der Waals surface area contributed by atoms with Gasteiger partial charge in [-0.05, 0) is 43.2 Å². The van der Waals surface area contributed by atoms with Crippen LogP contribution in [0.5, 0.6) is 0 Å². The third-order valence-electron chi connectivity index (χ3n) is 4.90. The molecule has 1 amide bonds. The third-order valence-corrected chi connectivity index (χ3v) is 5.20. The van der Waals surface area contributed by atoms with Crippen molar-refractivity contribution in [3.63, 3.8) is 0 Å². The maximum atomic E-state index is 13.9. The number of hydrogen-bond donors (Lipinski definition) is 1. The third kappa shape index (κ3) is 4.72. The quantitative estimate of drug-likeness (QED) is 0.830. The van der Waals surface area contributed by atoms with Crippen LogP contribution >= 0.6 is 11.6 Å². The van der Waals surface area contributed by atoms with Crippen molar-refractivity contribution in [2.45, 2.75) is 20.3 Å². The summed E-state index contributed by atoms with van der Waals surface area (Å²) in [5.74, 6) is -0.108. The highest BCUT2D eigenvalue weighted by Gasteiger charge is 2.22. The molecule has 3 rings (SSSR count). The van der Waals surface area contributed by atoms with Crippen LogP contribution in [-0.4, -0.2) is 43.5 Å². The summed E-state index contributed by atoms with van der Waals surface area (Å²) in [5.41, 5.74) is 3.69. The highest BCUT2D eigenvalue weighted by Crippen LogP contribution is 2.27. The number of para-hydroxylation sites is 1. The number of amides is 1. The van der Waals surface area contributed by atoms with Crippen molar-refractivity contribution in [2.24, 2.45) is 0 Å². The van der Waals surface area contributed by atoms with Gasteiger partial charge in [0.15, 0.2) is 0 Å². The molecule has 4 nitrogen and oxygen atoms in total. The second kappa shape index (κ2) is 8.61. The van der Waals surface area contributed by atoms with Crippen LogP contribution in [0.15, 0.2) is 36.4 Å². The molecule has 1 fully saturated rings. The number of nitrogens with one attached hydrogen (secondary N) is 1. The van der Waals surface area contributed by atoms with Crippen LogP contribution in [0.25, 0.3) is 0 Å². The molecule has 144 valence electrons. The predicted molar refractivity (Wildman–Crippen MR) is 109 cm³/mol. The molecule has 0 spiro atoms. The first-order valence-electron chi connectivity index (χ1n) is 9.23. The van der Waals surface area contributed by atoms with E-state index in [4.69, 9.17) is 11.6 Å². The molecular weight excluding hydrogens is 365 g/mol. The summed E-state index contributed by atoms with van der Waals surface area (Å²) >= 11 is 6.29. The Morgan fingerprint density at radius 1 is 1.15 bits per heavy atom. The molecule has 1 aliphatic heterocycles.